The van der Waals surface area contributed by atoms with Gasteiger partial charge in [0.15, 0.2) is 0 Å². The zero-order chi connectivity index (χ0) is 26.7. The van der Waals surface area contributed by atoms with E-state index >= 15 is 0 Å². The maximum atomic E-state index is 13.1. The number of nitrogens with one attached hydrogen (secondary N) is 2. The molecule has 1 saturated heterocycles. The Morgan fingerprint density at radius 3 is 2.45 bits per heavy atom. The van der Waals surface area contributed by atoms with Crippen LogP contribution in [0.3, 0.4) is 0 Å². The monoisotopic (exact) mass is 580 g/mol. The van der Waals surface area contributed by atoms with Crippen molar-refractivity contribution in [1.29, 1.82) is 0 Å². The van der Waals surface area contributed by atoms with Crippen molar-refractivity contribution in [3.63, 3.8) is 0 Å². The molecule has 2 amide bonds. The average Bonchev–Trinajstić information content (AvgIpc) is 2.94. The van der Waals surface area contributed by atoms with E-state index in [1.165, 1.54) is 23.9 Å². The molecule has 38 heavy (non-hydrogen) atoms. The molecule has 3 aromatic rings. The molecule has 4 rings (SSSR count). The van der Waals surface area contributed by atoms with Crippen LogP contribution >= 0.6 is 15.9 Å². The summed E-state index contributed by atoms with van der Waals surface area (Å²) in [4.78, 5) is 28.1. The van der Waals surface area contributed by atoms with Crippen molar-refractivity contribution in [2.24, 2.45) is 5.10 Å². The molecule has 2 N–H and O–H groups in total. The molecule has 0 bridgehead atoms. The summed E-state index contributed by atoms with van der Waals surface area (Å²) in [5, 5.41) is 6.77. The maximum Gasteiger partial charge on any atom is 0.273 e. The highest BCUT2D eigenvalue weighted by molar-refractivity contribution is 9.10. The lowest BCUT2D eigenvalue weighted by atomic mass is 10.1. The standard InChI is InChI=1S/C29H30BrFN4O3/c30-24-10-13-27(26(19-24)29(37)34-32-20-22-6-11-25(31)12-7-22)33-28(36)23-8-4-21(5-9-23)3-1-2-14-35-15-17-38-18-16-35/h4-13,19-20H,1-3,14-18H2,(H,33,36)(H,34,37)/b32-20+. The molecule has 3 aromatic carbocycles. The molecule has 0 unspecified atom stereocenters. The van der Waals surface area contributed by atoms with Crippen molar-refractivity contribution in [2.75, 3.05) is 38.2 Å². The largest absolute Gasteiger partial charge is 0.379 e. The van der Waals surface area contributed by atoms with E-state index in [4.69, 9.17) is 4.74 Å². The fourth-order valence-corrected chi connectivity index (χ4v) is 4.46. The number of carbonyl (C=O) groups excluding carboxylic acids is 2. The highest BCUT2D eigenvalue weighted by atomic mass is 79.9. The maximum absolute atomic E-state index is 13.1. The van der Waals surface area contributed by atoms with Gasteiger partial charge < -0.3 is 10.1 Å². The Balaban J connectivity index is 1.31. The summed E-state index contributed by atoms with van der Waals surface area (Å²) in [6.45, 7) is 4.75. The second-order valence-electron chi connectivity index (χ2n) is 9.00. The molecule has 0 atom stereocenters. The predicted octanol–water partition coefficient (Wildman–Crippen LogP) is 5.26. The van der Waals surface area contributed by atoms with Gasteiger partial charge in [0.1, 0.15) is 5.82 Å². The third kappa shape index (κ3) is 8.31. The minimum atomic E-state index is -0.493. The Hall–Kier alpha value is -3.40. The topological polar surface area (TPSA) is 83.0 Å². The lowest BCUT2D eigenvalue weighted by Crippen LogP contribution is -2.36. The molecule has 198 valence electrons. The van der Waals surface area contributed by atoms with Crippen molar-refractivity contribution in [3.05, 3.63) is 99.3 Å². The molecule has 0 aliphatic carbocycles. The van der Waals surface area contributed by atoms with Gasteiger partial charge in [0, 0.05) is 23.1 Å². The molecule has 0 aromatic heterocycles. The highest BCUT2D eigenvalue weighted by Gasteiger charge is 2.15. The van der Waals surface area contributed by atoms with E-state index in [1.807, 2.05) is 12.1 Å². The number of hydrogen-bond donors (Lipinski definition) is 2. The summed E-state index contributed by atoms with van der Waals surface area (Å²) in [6.07, 6.45) is 4.59. The van der Waals surface area contributed by atoms with Crippen LogP contribution in [-0.2, 0) is 11.2 Å². The van der Waals surface area contributed by atoms with E-state index in [9.17, 15) is 14.0 Å². The van der Waals surface area contributed by atoms with Gasteiger partial charge in [0.2, 0.25) is 0 Å². The summed E-state index contributed by atoms with van der Waals surface area (Å²) in [5.74, 6) is -1.16. The SMILES string of the molecule is O=C(Nc1ccc(Br)cc1C(=O)N/N=C/c1ccc(F)cc1)c1ccc(CCCCN2CCOCC2)cc1. The third-order valence-electron chi connectivity index (χ3n) is 6.23. The third-order valence-corrected chi connectivity index (χ3v) is 6.73. The molecular formula is C29H30BrFN4O3. The Kier molecular flexibility index (Phi) is 10.1. The predicted molar refractivity (Wildman–Crippen MR) is 150 cm³/mol. The van der Waals surface area contributed by atoms with Crippen LogP contribution in [0.15, 0.2) is 76.3 Å². The number of aryl methyl sites for hydroxylation is 1. The molecule has 0 saturated carbocycles. The van der Waals surface area contributed by atoms with Gasteiger partial charge in [-0.25, -0.2) is 9.82 Å². The normalized spacial score (nSPS) is 13.9. The van der Waals surface area contributed by atoms with E-state index in [1.54, 1.807) is 42.5 Å². The van der Waals surface area contributed by atoms with E-state index in [-0.39, 0.29) is 17.3 Å². The minimum Gasteiger partial charge on any atom is -0.379 e. The van der Waals surface area contributed by atoms with Gasteiger partial charge in [0.05, 0.1) is 30.7 Å². The first-order valence-corrected chi connectivity index (χ1v) is 13.4. The molecule has 9 heteroatoms. The lowest BCUT2D eigenvalue weighted by molar-refractivity contribution is 0.0372. The quantitative estimate of drug-likeness (QED) is 0.195. The number of unbranched alkanes of at least 4 members (excludes halogenated alkanes) is 1. The van der Waals surface area contributed by atoms with Gasteiger partial charge in [-0.1, -0.05) is 40.2 Å². The first-order chi connectivity index (χ1) is 18.5. The average molecular weight is 581 g/mol. The summed E-state index contributed by atoms with van der Waals surface area (Å²) in [5.41, 5.74) is 5.39. The van der Waals surface area contributed by atoms with Crippen molar-refractivity contribution in [2.45, 2.75) is 19.3 Å². The van der Waals surface area contributed by atoms with Crippen LogP contribution in [0.4, 0.5) is 10.1 Å². The Morgan fingerprint density at radius 1 is 0.974 bits per heavy atom. The fourth-order valence-electron chi connectivity index (χ4n) is 4.09. The van der Waals surface area contributed by atoms with Crippen LogP contribution in [0.5, 0.6) is 0 Å². The molecule has 7 nitrogen and oxygen atoms in total. The van der Waals surface area contributed by atoms with Crippen molar-refractivity contribution in [1.82, 2.24) is 10.3 Å². The zero-order valence-electron chi connectivity index (χ0n) is 21.0. The molecule has 1 fully saturated rings. The van der Waals surface area contributed by atoms with E-state index in [0.717, 1.165) is 52.1 Å². The van der Waals surface area contributed by atoms with E-state index in [2.05, 4.69) is 36.7 Å². The summed E-state index contributed by atoms with van der Waals surface area (Å²) < 4.78 is 19.1. The van der Waals surface area contributed by atoms with Crippen molar-refractivity contribution < 1.29 is 18.7 Å². The number of benzene rings is 3. The van der Waals surface area contributed by atoms with Crippen molar-refractivity contribution >= 4 is 39.6 Å². The van der Waals surface area contributed by atoms with Crippen LogP contribution in [-0.4, -0.2) is 55.8 Å². The highest BCUT2D eigenvalue weighted by Crippen LogP contribution is 2.22. The van der Waals surface area contributed by atoms with Crippen LogP contribution in [0.2, 0.25) is 0 Å². The van der Waals surface area contributed by atoms with Gasteiger partial charge in [-0.2, -0.15) is 5.10 Å². The smallest absolute Gasteiger partial charge is 0.273 e. The summed E-state index contributed by atoms with van der Waals surface area (Å²) in [7, 11) is 0. The number of halogens is 2. The number of anilines is 1. The number of amides is 2. The first-order valence-electron chi connectivity index (χ1n) is 12.6. The molecule has 0 radical (unpaired) electrons. The fraction of sp³-hybridized carbons (Fsp3) is 0.276. The minimum absolute atomic E-state index is 0.251. The number of hydrogen-bond acceptors (Lipinski definition) is 5. The van der Waals surface area contributed by atoms with Gasteiger partial charge in [-0.3, -0.25) is 14.5 Å². The first kappa shape index (κ1) is 27.6. The van der Waals surface area contributed by atoms with Crippen LogP contribution in [0.1, 0.15) is 44.7 Å². The second-order valence-corrected chi connectivity index (χ2v) is 9.92. The molecule has 1 aliphatic heterocycles. The summed E-state index contributed by atoms with van der Waals surface area (Å²) >= 11 is 3.37. The molecule has 1 heterocycles. The van der Waals surface area contributed by atoms with Gasteiger partial charge in [0.25, 0.3) is 11.8 Å². The number of morpholine rings is 1. The number of rotatable bonds is 10. The van der Waals surface area contributed by atoms with E-state index < -0.39 is 5.91 Å². The van der Waals surface area contributed by atoms with Crippen molar-refractivity contribution in [3.8, 4) is 0 Å². The Bertz CT molecular complexity index is 1260. The van der Waals surface area contributed by atoms with Gasteiger partial charge in [-0.15, -0.1) is 0 Å². The Morgan fingerprint density at radius 2 is 1.71 bits per heavy atom. The van der Waals surface area contributed by atoms with Gasteiger partial charge >= 0.3 is 0 Å². The second kappa shape index (κ2) is 13.9. The van der Waals surface area contributed by atoms with Crippen LogP contribution in [0.25, 0.3) is 0 Å². The summed E-state index contributed by atoms with van der Waals surface area (Å²) in [6, 6.07) is 18.3. The molecule has 0 spiro atoms. The molecular weight excluding hydrogens is 551 g/mol. The zero-order valence-corrected chi connectivity index (χ0v) is 22.5. The number of nitrogens with zero attached hydrogens (tertiary/aromatic N) is 2. The van der Waals surface area contributed by atoms with E-state index in [0.29, 0.717) is 21.3 Å². The van der Waals surface area contributed by atoms with Gasteiger partial charge in [-0.05, 0) is 79.4 Å². The van der Waals surface area contributed by atoms with Crippen LogP contribution < -0.4 is 10.7 Å². The van der Waals surface area contributed by atoms with Crippen LogP contribution in [0, 0.1) is 5.82 Å². The Labute approximate surface area is 230 Å². The lowest BCUT2D eigenvalue weighted by Gasteiger charge is -2.26. The number of carbonyl (C=O) groups is 2. The number of hydrazone groups is 1. The molecule has 1 aliphatic rings. The number of ether oxygens (including phenoxy) is 1.